The summed E-state index contributed by atoms with van der Waals surface area (Å²) in [7, 11) is -0.429. The fourth-order valence-corrected chi connectivity index (χ4v) is 4.78. The number of hydrogen-bond donors (Lipinski definition) is 4. The molecule has 0 heterocycles. The first kappa shape index (κ1) is 28.9. The van der Waals surface area contributed by atoms with E-state index in [1.54, 1.807) is 26.4 Å². The number of halogens is 2. The molecule has 2 atom stereocenters. The molecule has 3 rings (SSSR count). The summed E-state index contributed by atoms with van der Waals surface area (Å²) in [6.07, 6.45) is 0.991. The van der Waals surface area contributed by atoms with E-state index in [0.29, 0.717) is 33.5 Å². The van der Waals surface area contributed by atoms with Gasteiger partial charge in [0.15, 0.2) is 11.5 Å². The zero-order valence-corrected chi connectivity index (χ0v) is 23.0. The number of phenolic OH excluding ortho intramolecular Hbond substituents is 1. The van der Waals surface area contributed by atoms with Gasteiger partial charge in [-0.2, -0.15) is 0 Å². The summed E-state index contributed by atoms with van der Waals surface area (Å²) in [5.74, 6) is 0.985. The first-order valence-electron chi connectivity index (χ1n) is 11.4. The van der Waals surface area contributed by atoms with Crippen LogP contribution in [0.2, 0.25) is 10.0 Å². The first-order valence-corrected chi connectivity index (χ1v) is 14.0. The molecular weight excluding hydrogens is 539 g/mol. The summed E-state index contributed by atoms with van der Waals surface area (Å²) < 4.78 is 36.2. The summed E-state index contributed by atoms with van der Waals surface area (Å²) in [4.78, 5) is 0. The van der Waals surface area contributed by atoms with Crippen molar-refractivity contribution in [2.24, 2.45) is 0 Å². The number of benzene rings is 3. The lowest BCUT2D eigenvalue weighted by Gasteiger charge is -2.23. The molecule has 0 saturated heterocycles. The first-order chi connectivity index (χ1) is 17.5. The number of anilines is 1. The molecule has 0 fully saturated rings. The molecule has 0 radical (unpaired) electrons. The highest BCUT2D eigenvalue weighted by Crippen LogP contribution is 2.32. The lowest BCUT2D eigenvalue weighted by molar-refractivity contribution is 0.167. The topological polar surface area (TPSA) is 117 Å². The molecule has 37 heavy (non-hydrogen) atoms. The number of methoxy groups -OCH3 is 2. The normalized spacial score (nSPS) is 13.1. The highest BCUT2D eigenvalue weighted by molar-refractivity contribution is 7.92. The van der Waals surface area contributed by atoms with Crippen molar-refractivity contribution >= 4 is 38.9 Å². The van der Waals surface area contributed by atoms with E-state index in [2.05, 4.69) is 10.0 Å². The zero-order chi connectivity index (χ0) is 27.2. The number of aliphatic hydroxyl groups excluding tert-OH is 1. The van der Waals surface area contributed by atoms with Gasteiger partial charge >= 0.3 is 0 Å². The predicted molar refractivity (Wildman–Crippen MR) is 147 cm³/mol. The Morgan fingerprint density at radius 2 is 1.57 bits per heavy atom. The van der Waals surface area contributed by atoms with Crippen LogP contribution in [0.3, 0.4) is 0 Å². The van der Waals surface area contributed by atoms with Crippen LogP contribution in [-0.4, -0.2) is 51.8 Å². The third-order valence-electron chi connectivity index (χ3n) is 5.66. The van der Waals surface area contributed by atoms with Gasteiger partial charge in [0.1, 0.15) is 5.75 Å². The second kappa shape index (κ2) is 12.7. The van der Waals surface area contributed by atoms with E-state index in [1.807, 2.05) is 30.3 Å². The molecule has 0 aliphatic carbocycles. The average Bonchev–Trinajstić information content (AvgIpc) is 2.84. The molecule has 0 spiro atoms. The van der Waals surface area contributed by atoms with Crippen LogP contribution in [0.25, 0.3) is 0 Å². The van der Waals surface area contributed by atoms with Gasteiger partial charge in [0.25, 0.3) is 0 Å². The van der Waals surface area contributed by atoms with Crippen molar-refractivity contribution in [3.8, 4) is 17.2 Å². The van der Waals surface area contributed by atoms with E-state index in [1.165, 1.54) is 12.1 Å². The lowest BCUT2D eigenvalue weighted by atomic mass is 9.97. The summed E-state index contributed by atoms with van der Waals surface area (Å²) in [5, 5.41) is 25.1. The van der Waals surface area contributed by atoms with Gasteiger partial charge in [-0.1, -0.05) is 41.4 Å². The number of rotatable bonds is 12. The molecule has 11 heteroatoms. The fourth-order valence-electron chi connectivity index (χ4n) is 3.89. The fraction of sp³-hybridized carbons (Fsp3) is 0.308. The van der Waals surface area contributed by atoms with Gasteiger partial charge in [0.2, 0.25) is 10.0 Å². The van der Waals surface area contributed by atoms with Crippen molar-refractivity contribution in [2.75, 3.05) is 31.7 Å². The number of aliphatic hydroxyl groups is 1. The Morgan fingerprint density at radius 1 is 0.892 bits per heavy atom. The maximum atomic E-state index is 11.6. The van der Waals surface area contributed by atoms with E-state index >= 15 is 0 Å². The van der Waals surface area contributed by atoms with Gasteiger partial charge in [-0.05, 0) is 65.9 Å². The Hall–Kier alpha value is -2.69. The van der Waals surface area contributed by atoms with Crippen LogP contribution in [0, 0.1) is 0 Å². The van der Waals surface area contributed by atoms with Crippen LogP contribution in [0.5, 0.6) is 17.2 Å². The summed E-state index contributed by atoms with van der Waals surface area (Å²) in [6.45, 7) is 0.232. The molecule has 0 aromatic heterocycles. The van der Waals surface area contributed by atoms with Crippen LogP contribution < -0.4 is 19.5 Å². The van der Waals surface area contributed by atoms with Crippen LogP contribution in [-0.2, 0) is 22.9 Å². The summed E-state index contributed by atoms with van der Waals surface area (Å²) in [6, 6.07) is 15.4. The van der Waals surface area contributed by atoms with Gasteiger partial charge in [-0.3, -0.25) is 4.72 Å². The number of nitrogens with one attached hydrogen (secondary N) is 2. The summed E-state index contributed by atoms with van der Waals surface area (Å²) >= 11 is 12.3. The second-order valence-corrected chi connectivity index (χ2v) is 11.2. The van der Waals surface area contributed by atoms with Crippen LogP contribution in [0.15, 0.2) is 54.6 Å². The molecule has 4 N–H and O–H groups in total. The van der Waals surface area contributed by atoms with Crippen molar-refractivity contribution < 1.29 is 28.1 Å². The predicted octanol–water partition coefficient (Wildman–Crippen LogP) is 4.56. The minimum absolute atomic E-state index is 0.0583. The van der Waals surface area contributed by atoms with Crippen molar-refractivity contribution in [2.45, 2.75) is 25.0 Å². The summed E-state index contributed by atoms with van der Waals surface area (Å²) in [5.41, 5.74) is 2.58. The molecule has 0 unspecified atom stereocenters. The van der Waals surface area contributed by atoms with E-state index in [9.17, 15) is 18.6 Å². The Bertz CT molecular complexity index is 1340. The Balaban J connectivity index is 1.78. The van der Waals surface area contributed by atoms with E-state index < -0.39 is 16.1 Å². The van der Waals surface area contributed by atoms with Gasteiger partial charge < -0.3 is 25.0 Å². The lowest BCUT2D eigenvalue weighted by Crippen LogP contribution is -2.32. The van der Waals surface area contributed by atoms with Crippen LogP contribution >= 0.6 is 23.2 Å². The van der Waals surface area contributed by atoms with Gasteiger partial charge in [-0.15, -0.1) is 0 Å². The minimum atomic E-state index is -3.57. The maximum absolute atomic E-state index is 11.6. The standard InChI is InChI=1S/C26H30Cl2N2O6S/c1-35-25-9-6-18(14-26(25)36-2)22(12-17-4-7-20(27)21(28)11-17)29-15-19(31)10-16-5-8-24(32)23(13-16)30-37(3,33)34/h4-9,11,13-14,19,22,29-32H,10,12,15H2,1-3H3/t19-,22+/m0/s1. The number of ether oxygens (including phenoxy) is 2. The highest BCUT2D eigenvalue weighted by Gasteiger charge is 2.18. The molecule has 8 nitrogen and oxygen atoms in total. The van der Waals surface area contributed by atoms with Gasteiger partial charge in [0.05, 0.1) is 42.3 Å². The quantitative estimate of drug-likeness (QED) is 0.236. The van der Waals surface area contributed by atoms with Crippen molar-refractivity contribution in [3.63, 3.8) is 0 Å². The Kier molecular flexibility index (Phi) is 9.92. The molecule has 200 valence electrons. The molecule has 0 saturated carbocycles. The third-order valence-corrected chi connectivity index (χ3v) is 6.99. The molecule has 3 aromatic carbocycles. The van der Waals surface area contributed by atoms with Gasteiger partial charge in [-0.25, -0.2) is 8.42 Å². The van der Waals surface area contributed by atoms with Crippen molar-refractivity contribution in [1.29, 1.82) is 0 Å². The third kappa shape index (κ3) is 8.41. The van der Waals surface area contributed by atoms with Crippen molar-refractivity contribution in [1.82, 2.24) is 5.32 Å². The largest absolute Gasteiger partial charge is 0.506 e. The molecule has 0 amide bonds. The molecule has 0 aliphatic heterocycles. The average molecular weight is 570 g/mol. The number of hydrogen-bond acceptors (Lipinski definition) is 7. The monoisotopic (exact) mass is 568 g/mol. The Labute approximate surface area is 227 Å². The second-order valence-electron chi connectivity index (χ2n) is 8.61. The molecule has 0 bridgehead atoms. The van der Waals surface area contributed by atoms with E-state index in [4.69, 9.17) is 32.7 Å². The van der Waals surface area contributed by atoms with E-state index in [-0.39, 0.29) is 30.4 Å². The number of phenols is 1. The van der Waals surface area contributed by atoms with E-state index in [0.717, 1.165) is 17.4 Å². The maximum Gasteiger partial charge on any atom is 0.229 e. The number of aromatic hydroxyl groups is 1. The Morgan fingerprint density at radius 3 is 2.22 bits per heavy atom. The number of sulfonamides is 1. The molecule has 3 aromatic rings. The SMILES string of the molecule is COc1ccc([C@@H](Cc2ccc(Cl)c(Cl)c2)NC[C@@H](O)Cc2ccc(O)c(NS(C)(=O)=O)c2)cc1OC. The van der Waals surface area contributed by atoms with Crippen LogP contribution in [0.4, 0.5) is 5.69 Å². The van der Waals surface area contributed by atoms with Crippen LogP contribution in [0.1, 0.15) is 22.7 Å². The minimum Gasteiger partial charge on any atom is -0.506 e. The molecular formula is C26H30Cl2N2O6S. The smallest absolute Gasteiger partial charge is 0.229 e. The highest BCUT2D eigenvalue weighted by atomic mass is 35.5. The molecule has 0 aliphatic rings. The van der Waals surface area contributed by atoms with Gasteiger partial charge in [0, 0.05) is 12.6 Å². The van der Waals surface area contributed by atoms with Crippen molar-refractivity contribution in [3.05, 3.63) is 81.3 Å². The zero-order valence-electron chi connectivity index (χ0n) is 20.7.